The minimum atomic E-state index is -0.425. The molecule has 142 valence electrons. The highest BCUT2D eigenvalue weighted by molar-refractivity contribution is 5.89. The van der Waals surface area contributed by atoms with Crippen molar-refractivity contribution in [3.8, 4) is 11.1 Å². The van der Waals surface area contributed by atoms with Gasteiger partial charge in [0.25, 0.3) is 0 Å². The lowest BCUT2D eigenvalue weighted by atomic mass is 9.97. The Labute approximate surface area is 160 Å². The molecule has 0 spiro atoms. The monoisotopic (exact) mass is 379 g/mol. The predicted molar refractivity (Wildman–Crippen MR) is 104 cm³/mol. The molecular weight excluding hydrogens is 360 g/mol. The van der Waals surface area contributed by atoms with Crippen molar-refractivity contribution in [1.29, 1.82) is 0 Å². The summed E-state index contributed by atoms with van der Waals surface area (Å²) in [5.74, 6) is 0.109. The van der Waals surface area contributed by atoms with Gasteiger partial charge in [0, 0.05) is 36.1 Å². The van der Waals surface area contributed by atoms with Crippen LogP contribution in [0.3, 0.4) is 0 Å². The maximum absolute atomic E-state index is 14.9. The van der Waals surface area contributed by atoms with Gasteiger partial charge in [0.2, 0.25) is 0 Å². The number of nitrogens with one attached hydrogen (secondary N) is 1. The highest BCUT2D eigenvalue weighted by atomic mass is 19.1. The molecular formula is C21H19F2N5. The summed E-state index contributed by atoms with van der Waals surface area (Å²) in [6.07, 6.45) is 5.32. The molecule has 3 heterocycles. The molecule has 28 heavy (non-hydrogen) atoms. The van der Waals surface area contributed by atoms with Gasteiger partial charge >= 0.3 is 0 Å². The number of hydrogen-bond acceptors (Lipinski definition) is 4. The van der Waals surface area contributed by atoms with Crippen molar-refractivity contribution < 1.29 is 8.78 Å². The van der Waals surface area contributed by atoms with Crippen LogP contribution in [0.2, 0.25) is 0 Å². The number of halogens is 2. The molecule has 0 aliphatic carbocycles. The van der Waals surface area contributed by atoms with Gasteiger partial charge in [-0.05, 0) is 61.3 Å². The van der Waals surface area contributed by atoms with E-state index in [0.717, 1.165) is 25.9 Å². The number of rotatable bonds is 2. The molecule has 0 saturated carbocycles. The SMILES string of the molecule is Cn1cc2cc(-c3cc(F)c4nc(C5CCNCC5)ncc4c3)cc(F)c2n1. The van der Waals surface area contributed by atoms with Gasteiger partial charge in [-0.15, -0.1) is 0 Å². The lowest BCUT2D eigenvalue weighted by Gasteiger charge is -2.21. The second-order valence-corrected chi connectivity index (χ2v) is 7.35. The predicted octanol–water partition coefficient (Wildman–Crippen LogP) is 3.93. The summed E-state index contributed by atoms with van der Waals surface area (Å²) < 4.78 is 30.9. The molecule has 0 atom stereocenters. The highest BCUT2D eigenvalue weighted by Gasteiger charge is 2.19. The second-order valence-electron chi connectivity index (χ2n) is 7.35. The molecule has 1 saturated heterocycles. The summed E-state index contributed by atoms with van der Waals surface area (Å²) in [4.78, 5) is 8.99. The summed E-state index contributed by atoms with van der Waals surface area (Å²) in [5, 5.41) is 8.71. The van der Waals surface area contributed by atoms with E-state index < -0.39 is 11.6 Å². The molecule has 1 N–H and O–H groups in total. The topological polar surface area (TPSA) is 55.6 Å². The Bertz CT molecular complexity index is 1190. The number of hydrogen-bond donors (Lipinski definition) is 1. The minimum Gasteiger partial charge on any atom is -0.317 e. The first-order valence-corrected chi connectivity index (χ1v) is 9.39. The average Bonchev–Trinajstić information content (AvgIpc) is 3.09. The van der Waals surface area contributed by atoms with Gasteiger partial charge in [-0.2, -0.15) is 5.10 Å². The number of aryl methyl sites for hydroxylation is 1. The zero-order valence-electron chi connectivity index (χ0n) is 15.4. The molecule has 2 aromatic carbocycles. The van der Waals surface area contributed by atoms with E-state index in [0.29, 0.717) is 38.8 Å². The van der Waals surface area contributed by atoms with Crippen molar-refractivity contribution in [2.24, 2.45) is 7.05 Å². The first-order valence-electron chi connectivity index (χ1n) is 9.39. The van der Waals surface area contributed by atoms with Crippen LogP contribution in [0.1, 0.15) is 24.6 Å². The molecule has 0 unspecified atom stereocenters. The third-order valence-corrected chi connectivity index (χ3v) is 5.37. The Morgan fingerprint density at radius 1 is 0.964 bits per heavy atom. The van der Waals surface area contributed by atoms with Gasteiger partial charge in [-0.3, -0.25) is 4.68 Å². The van der Waals surface area contributed by atoms with Crippen molar-refractivity contribution in [2.75, 3.05) is 13.1 Å². The molecule has 2 aromatic heterocycles. The summed E-state index contributed by atoms with van der Waals surface area (Å²) in [5.41, 5.74) is 1.81. The molecule has 0 bridgehead atoms. The summed E-state index contributed by atoms with van der Waals surface area (Å²) in [7, 11) is 1.74. The van der Waals surface area contributed by atoms with Crippen LogP contribution in [0.4, 0.5) is 8.78 Å². The Kier molecular flexibility index (Phi) is 4.05. The van der Waals surface area contributed by atoms with Crippen LogP contribution in [-0.2, 0) is 7.05 Å². The van der Waals surface area contributed by atoms with Crippen LogP contribution >= 0.6 is 0 Å². The molecule has 1 aliphatic heterocycles. The van der Waals surface area contributed by atoms with Crippen molar-refractivity contribution in [3.05, 3.63) is 54.1 Å². The van der Waals surface area contributed by atoms with Gasteiger partial charge in [-0.1, -0.05) is 0 Å². The molecule has 1 aliphatic rings. The third kappa shape index (κ3) is 2.92. The van der Waals surface area contributed by atoms with E-state index in [4.69, 9.17) is 0 Å². The maximum Gasteiger partial charge on any atom is 0.151 e. The summed E-state index contributed by atoms with van der Waals surface area (Å²) >= 11 is 0. The van der Waals surface area contributed by atoms with E-state index in [1.807, 2.05) is 12.1 Å². The number of nitrogens with zero attached hydrogens (tertiary/aromatic N) is 4. The summed E-state index contributed by atoms with van der Waals surface area (Å²) in [6, 6.07) is 6.43. The minimum absolute atomic E-state index is 0.256. The van der Waals surface area contributed by atoms with Crippen molar-refractivity contribution in [2.45, 2.75) is 18.8 Å². The second kappa shape index (κ2) is 6.60. The number of fused-ring (bicyclic) bond motifs is 2. The smallest absolute Gasteiger partial charge is 0.151 e. The lowest BCUT2D eigenvalue weighted by molar-refractivity contribution is 0.445. The van der Waals surface area contributed by atoms with Crippen LogP contribution in [0, 0.1) is 11.6 Å². The van der Waals surface area contributed by atoms with Gasteiger partial charge in [0.1, 0.15) is 22.7 Å². The largest absolute Gasteiger partial charge is 0.317 e. The van der Waals surface area contributed by atoms with Gasteiger partial charge in [0.15, 0.2) is 5.82 Å². The van der Waals surface area contributed by atoms with Crippen LogP contribution in [0.5, 0.6) is 0 Å². The highest BCUT2D eigenvalue weighted by Crippen LogP contribution is 2.31. The first kappa shape index (κ1) is 17.2. The van der Waals surface area contributed by atoms with Gasteiger partial charge in [-0.25, -0.2) is 18.7 Å². The van der Waals surface area contributed by atoms with E-state index in [-0.39, 0.29) is 5.92 Å². The first-order chi connectivity index (χ1) is 13.6. The van der Waals surface area contributed by atoms with E-state index in [1.54, 1.807) is 24.1 Å². The Hall–Kier alpha value is -2.93. The normalized spacial score (nSPS) is 15.5. The van der Waals surface area contributed by atoms with Crippen LogP contribution < -0.4 is 5.32 Å². The number of benzene rings is 2. The zero-order chi connectivity index (χ0) is 19.3. The quantitative estimate of drug-likeness (QED) is 0.573. The van der Waals surface area contributed by atoms with Crippen LogP contribution in [0.15, 0.2) is 36.7 Å². The summed E-state index contributed by atoms with van der Waals surface area (Å²) in [6.45, 7) is 1.85. The standard InChI is InChI=1S/C21H19F2N5/c1-28-11-16-7-14(9-18(23)20(16)27-28)13-6-15-10-25-21(12-2-4-24-5-3-12)26-19(15)17(22)8-13/h6-12,24H,2-5H2,1H3. The van der Waals surface area contributed by atoms with Crippen molar-refractivity contribution in [1.82, 2.24) is 25.1 Å². The van der Waals surface area contributed by atoms with Crippen molar-refractivity contribution in [3.63, 3.8) is 0 Å². The van der Waals surface area contributed by atoms with Crippen molar-refractivity contribution >= 4 is 21.8 Å². The maximum atomic E-state index is 14.9. The van der Waals surface area contributed by atoms with Crippen LogP contribution in [-0.4, -0.2) is 32.8 Å². The molecule has 4 aromatic rings. The molecule has 5 nitrogen and oxygen atoms in total. The number of piperidine rings is 1. The Morgan fingerprint density at radius 3 is 2.39 bits per heavy atom. The fourth-order valence-electron chi connectivity index (χ4n) is 3.94. The fraction of sp³-hybridized carbons (Fsp3) is 0.286. The molecule has 0 amide bonds. The third-order valence-electron chi connectivity index (χ3n) is 5.37. The van der Waals surface area contributed by atoms with Gasteiger partial charge < -0.3 is 5.32 Å². The van der Waals surface area contributed by atoms with E-state index in [9.17, 15) is 8.78 Å². The van der Waals surface area contributed by atoms with E-state index in [1.165, 1.54) is 12.1 Å². The number of aromatic nitrogens is 4. The van der Waals surface area contributed by atoms with E-state index in [2.05, 4.69) is 20.4 Å². The Balaban J connectivity index is 1.59. The fourth-order valence-corrected chi connectivity index (χ4v) is 3.94. The van der Waals surface area contributed by atoms with Crippen LogP contribution in [0.25, 0.3) is 32.9 Å². The molecule has 5 rings (SSSR count). The van der Waals surface area contributed by atoms with E-state index >= 15 is 0 Å². The molecule has 1 fully saturated rings. The zero-order valence-corrected chi connectivity index (χ0v) is 15.4. The average molecular weight is 379 g/mol. The molecule has 7 heteroatoms. The molecule has 0 radical (unpaired) electrons. The lowest BCUT2D eigenvalue weighted by Crippen LogP contribution is -2.27. The van der Waals surface area contributed by atoms with Gasteiger partial charge in [0.05, 0.1) is 0 Å². The Morgan fingerprint density at radius 2 is 1.64 bits per heavy atom.